The summed E-state index contributed by atoms with van der Waals surface area (Å²) < 4.78 is 1.51. The average molecular weight is 254 g/mol. The van der Waals surface area contributed by atoms with Gasteiger partial charge in [-0.25, -0.2) is 4.68 Å². The second kappa shape index (κ2) is 3.94. The van der Waals surface area contributed by atoms with E-state index in [0.717, 1.165) is 0 Å². The van der Waals surface area contributed by atoms with E-state index in [4.69, 9.17) is 0 Å². The van der Waals surface area contributed by atoms with Crippen LogP contribution in [0.15, 0.2) is 0 Å². The summed E-state index contributed by atoms with van der Waals surface area (Å²) in [6.07, 6.45) is 0. The first-order valence-electron chi connectivity index (χ1n) is 5.91. The third kappa shape index (κ3) is 1.74. The third-order valence-corrected chi connectivity index (χ3v) is 3.65. The molecule has 0 unspecified atom stereocenters. The van der Waals surface area contributed by atoms with E-state index in [2.05, 4.69) is 5.10 Å². The smallest absolute Gasteiger partial charge is 0.333 e. The molecule has 0 saturated carbocycles. The minimum absolute atomic E-state index is 0.0308. The lowest BCUT2D eigenvalue weighted by atomic mass is 9.83. The fraction of sp³-hybridized carbons (Fsp3) is 0.727. The molecule has 7 nitrogen and oxygen atoms in total. The largest absolute Gasteiger partial charge is 0.386 e. The summed E-state index contributed by atoms with van der Waals surface area (Å²) in [5.74, 6) is 0.602. The summed E-state index contributed by atoms with van der Waals surface area (Å²) in [4.78, 5) is 12.5. The van der Waals surface area contributed by atoms with E-state index in [1.807, 2.05) is 13.8 Å². The Morgan fingerprint density at radius 2 is 2.06 bits per heavy atom. The molecule has 1 fully saturated rings. The van der Waals surface area contributed by atoms with Gasteiger partial charge in [0.25, 0.3) is 0 Å². The molecule has 1 aliphatic rings. The van der Waals surface area contributed by atoms with Gasteiger partial charge in [0.05, 0.1) is 18.0 Å². The third-order valence-electron chi connectivity index (χ3n) is 3.65. The van der Waals surface area contributed by atoms with Crippen molar-refractivity contribution in [1.82, 2.24) is 9.78 Å². The Hall–Kier alpha value is -1.63. The Kier molecular flexibility index (Phi) is 2.81. The van der Waals surface area contributed by atoms with E-state index in [0.29, 0.717) is 24.6 Å². The molecule has 100 valence electrons. The molecule has 0 radical (unpaired) electrons. The van der Waals surface area contributed by atoms with E-state index >= 15 is 0 Å². The van der Waals surface area contributed by atoms with Crippen LogP contribution in [-0.4, -0.2) is 38.5 Å². The van der Waals surface area contributed by atoms with Gasteiger partial charge in [-0.1, -0.05) is 13.8 Å². The van der Waals surface area contributed by atoms with E-state index in [-0.39, 0.29) is 11.6 Å². The Labute approximate surface area is 105 Å². The van der Waals surface area contributed by atoms with Crippen molar-refractivity contribution < 1.29 is 10.0 Å². The zero-order valence-electron chi connectivity index (χ0n) is 11.0. The van der Waals surface area contributed by atoms with Crippen LogP contribution in [0, 0.1) is 23.0 Å². The number of β-amino-alcohol motifs (C(OH)–C–C–N with tert-alkyl or cyclic N) is 1. The number of nitro groups is 1. The maximum atomic E-state index is 11.1. The molecule has 7 heteroatoms. The van der Waals surface area contributed by atoms with Crippen LogP contribution in [0.25, 0.3) is 0 Å². The van der Waals surface area contributed by atoms with Crippen LogP contribution in [0.3, 0.4) is 0 Å². The number of hydrogen-bond acceptors (Lipinski definition) is 5. The molecule has 0 aliphatic carbocycles. The standard InChI is InChI=1S/C11H18N4O3/c1-7(2)11(16)5-14(6-11)10-9(15(17)18)8(3)12-13(10)4/h7,16H,5-6H2,1-4H3. The Morgan fingerprint density at radius 1 is 1.50 bits per heavy atom. The van der Waals surface area contributed by atoms with Crippen LogP contribution in [0.2, 0.25) is 0 Å². The van der Waals surface area contributed by atoms with Crippen molar-refractivity contribution in [3.05, 3.63) is 15.8 Å². The van der Waals surface area contributed by atoms with Crippen molar-refractivity contribution in [2.24, 2.45) is 13.0 Å². The maximum absolute atomic E-state index is 11.1. The summed E-state index contributed by atoms with van der Waals surface area (Å²) in [5.41, 5.74) is -0.327. The van der Waals surface area contributed by atoms with Gasteiger partial charge in [-0.3, -0.25) is 10.1 Å². The molecule has 2 rings (SSSR count). The molecule has 0 amide bonds. The minimum Gasteiger partial charge on any atom is -0.386 e. The number of anilines is 1. The molecule has 1 saturated heterocycles. The highest BCUT2D eigenvalue weighted by Crippen LogP contribution is 2.38. The molecule has 1 N–H and O–H groups in total. The van der Waals surface area contributed by atoms with Crippen LogP contribution >= 0.6 is 0 Å². The van der Waals surface area contributed by atoms with E-state index in [9.17, 15) is 15.2 Å². The second-order valence-electron chi connectivity index (χ2n) is 5.25. The molecule has 0 atom stereocenters. The van der Waals surface area contributed by atoms with E-state index < -0.39 is 10.5 Å². The first-order valence-corrected chi connectivity index (χ1v) is 5.91. The molecule has 2 heterocycles. The van der Waals surface area contributed by atoms with Gasteiger partial charge in [0.2, 0.25) is 5.82 Å². The van der Waals surface area contributed by atoms with Gasteiger partial charge in [-0.15, -0.1) is 0 Å². The van der Waals surface area contributed by atoms with Crippen LogP contribution in [0.5, 0.6) is 0 Å². The van der Waals surface area contributed by atoms with Gasteiger partial charge in [-0.05, 0) is 12.8 Å². The summed E-state index contributed by atoms with van der Waals surface area (Å²) in [7, 11) is 1.68. The molecule has 0 spiro atoms. The van der Waals surface area contributed by atoms with E-state index in [1.54, 1.807) is 18.9 Å². The summed E-state index contributed by atoms with van der Waals surface area (Å²) in [5, 5.41) is 25.3. The number of nitrogens with zero attached hydrogens (tertiary/aromatic N) is 4. The number of hydrogen-bond donors (Lipinski definition) is 1. The normalized spacial score (nSPS) is 18.0. The highest BCUT2D eigenvalue weighted by Gasteiger charge is 2.47. The van der Waals surface area contributed by atoms with Crippen molar-refractivity contribution in [1.29, 1.82) is 0 Å². The summed E-state index contributed by atoms with van der Waals surface area (Å²) >= 11 is 0. The predicted octanol–water partition coefficient (Wildman–Crippen LogP) is 0.844. The quantitative estimate of drug-likeness (QED) is 0.638. The van der Waals surface area contributed by atoms with Gasteiger partial charge in [-0.2, -0.15) is 5.10 Å². The highest BCUT2D eigenvalue weighted by atomic mass is 16.6. The van der Waals surface area contributed by atoms with Crippen molar-refractivity contribution in [3.8, 4) is 0 Å². The maximum Gasteiger partial charge on any atom is 0.333 e. The number of aliphatic hydroxyl groups is 1. The lowest BCUT2D eigenvalue weighted by molar-refractivity contribution is -0.384. The molecule has 18 heavy (non-hydrogen) atoms. The van der Waals surface area contributed by atoms with Gasteiger partial charge < -0.3 is 10.0 Å². The van der Waals surface area contributed by atoms with Gasteiger partial charge in [0.15, 0.2) is 0 Å². The van der Waals surface area contributed by atoms with Gasteiger partial charge >= 0.3 is 5.69 Å². The van der Waals surface area contributed by atoms with Crippen LogP contribution in [-0.2, 0) is 7.05 Å². The van der Waals surface area contributed by atoms with Crippen molar-refractivity contribution in [2.45, 2.75) is 26.4 Å². The molecule has 1 aliphatic heterocycles. The Morgan fingerprint density at radius 3 is 2.50 bits per heavy atom. The molecule has 1 aromatic rings. The van der Waals surface area contributed by atoms with E-state index in [1.165, 1.54) is 4.68 Å². The van der Waals surface area contributed by atoms with Crippen LogP contribution < -0.4 is 4.90 Å². The minimum atomic E-state index is -0.758. The van der Waals surface area contributed by atoms with Crippen molar-refractivity contribution in [2.75, 3.05) is 18.0 Å². The Balaban J connectivity index is 2.30. The lowest BCUT2D eigenvalue weighted by Crippen LogP contribution is -2.65. The lowest BCUT2D eigenvalue weighted by Gasteiger charge is -2.49. The highest BCUT2D eigenvalue weighted by molar-refractivity contribution is 5.63. The number of aromatic nitrogens is 2. The van der Waals surface area contributed by atoms with Crippen molar-refractivity contribution in [3.63, 3.8) is 0 Å². The average Bonchev–Trinajstić information content (AvgIpc) is 2.48. The fourth-order valence-corrected chi connectivity index (χ4v) is 2.33. The van der Waals surface area contributed by atoms with Crippen molar-refractivity contribution >= 4 is 11.5 Å². The first kappa shape index (κ1) is 12.8. The number of aryl methyl sites for hydroxylation is 2. The van der Waals surface area contributed by atoms with Gasteiger partial charge in [0, 0.05) is 7.05 Å². The fourth-order valence-electron chi connectivity index (χ4n) is 2.33. The SMILES string of the molecule is Cc1nn(C)c(N2CC(O)(C(C)C)C2)c1[N+](=O)[O-]. The molecular formula is C11H18N4O3. The molecule has 0 bridgehead atoms. The first-order chi connectivity index (χ1) is 8.26. The molecular weight excluding hydrogens is 236 g/mol. The van der Waals surface area contributed by atoms with Crippen LogP contribution in [0.1, 0.15) is 19.5 Å². The zero-order valence-corrected chi connectivity index (χ0v) is 11.0. The Bertz CT molecular complexity index is 489. The second-order valence-corrected chi connectivity index (χ2v) is 5.25. The topological polar surface area (TPSA) is 84.4 Å². The summed E-state index contributed by atoms with van der Waals surface area (Å²) in [6, 6.07) is 0. The number of rotatable bonds is 3. The molecule has 0 aromatic carbocycles. The summed E-state index contributed by atoms with van der Waals surface area (Å²) in [6.45, 7) is 6.32. The monoisotopic (exact) mass is 254 g/mol. The zero-order chi connectivity index (χ0) is 13.7. The predicted molar refractivity (Wildman–Crippen MR) is 66.6 cm³/mol. The van der Waals surface area contributed by atoms with Gasteiger partial charge in [0.1, 0.15) is 11.3 Å². The molecule has 1 aromatic heterocycles. The van der Waals surface area contributed by atoms with Crippen LogP contribution in [0.4, 0.5) is 11.5 Å².